The number of hydrogen-bond acceptors (Lipinski definition) is 3. The molecule has 0 aliphatic rings. The van der Waals surface area contributed by atoms with Gasteiger partial charge in [-0.2, -0.15) is 0 Å². The molecule has 0 aliphatic heterocycles. The van der Waals surface area contributed by atoms with Gasteiger partial charge in [0, 0.05) is 12.6 Å². The standard InChI is InChI=1S/C17H29NO2/c1-5-7-9-15(8-6-2)18-13-14-10-11-16(19-3)17(12-14)20-4/h10-12,15,18H,5-9,13H2,1-4H3. The maximum absolute atomic E-state index is 5.34. The summed E-state index contributed by atoms with van der Waals surface area (Å²) < 4.78 is 10.6. The van der Waals surface area contributed by atoms with Gasteiger partial charge in [-0.1, -0.05) is 39.2 Å². The van der Waals surface area contributed by atoms with Gasteiger partial charge in [0.1, 0.15) is 0 Å². The fourth-order valence-corrected chi connectivity index (χ4v) is 2.40. The summed E-state index contributed by atoms with van der Waals surface area (Å²) in [7, 11) is 3.34. The molecule has 0 radical (unpaired) electrons. The molecular formula is C17H29NO2. The topological polar surface area (TPSA) is 30.5 Å². The van der Waals surface area contributed by atoms with E-state index in [-0.39, 0.29) is 0 Å². The van der Waals surface area contributed by atoms with E-state index in [0.29, 0.717) is 6.04 Å². The molecule has 1 aromatic carbocycles. The van der Waals surface area contributed by atoms with E-state index in [2.05, 4.69) is 31.3 Å². The Morgan fingerprint density at radius 1 is 1.00 bits per heavy atom. The van der Waals surface area contributed by atoms with Gasteiger partial charge in [0.15, 0.2) is 11.5 Å². The minimum Gasteiger partial charge on any atom is -0.493 e. The van der Waals surface area contributed by atoms with Crippen LogP contribution in [0.25, 0.3) is 0 Å². The van der Waals surface area contributed by atoms with Crippen molar-refractivity contribution in [2.45, 2.75) is 58.5 Å². The molecule has 0 heterocycles. The number of unbranched alkanes of at least 4 members (excludes halogenated alkanes) is 1. The molecule has 0 amide bonds. The first-order valence-corrected chi connectivity index (χ1v) is 7.69. The van der Waals surface area contributed by atoms with Crippen LogP contribution < -0.4 is 14.8 Å². The summed E-state index contributed by atoms with van der Waals surface area (Å²) in [5.41, 5.74) is 1.24. The Balaban J connectivity index is 2.58. The van der Waals surface area contributed by atoms with E-state index in [1.807, 2.05) is 6.07 Å². The molecule has 1 rings (SSSR count). The molecule has 0 fully saturated rings. The first kappa shape index (κ1) is 16.8. The molecule has 1 unspecified atom stereocenters. The van der Waals surface area contributed by atoms with E-state index in [1.165, 1.54) is 37.7 Å². The minimum atomic E-state index is 0.619. The van der Waals surface area contributed by atoms with E-state index >= 15 is 0 Å². The third-order valence-electron chi connectivity index (χ3n) is 3.59. The first-order chi connectivity index (χ1) is 9.74. The van der Waals surface area contributed by atoms with Crippen molar-refractivity contribution in [1.82, 2.24) is 5.32 Å². The van der Waals surface area contributed by atoms with Crippen LogP contribution in [0.1, 0.15) is 51.5 Å². The van der Waals surface area contributed by atoms with Crippen LogP contribution in [0.15, 0.2) is 18.2 Å². The lowest BCUT2D eigenvalue weighted by atomic mass is 10.0. The quantitative estimate of drug-likeness (QED) is 0.698. The van der Waals surface area contributed by atoms with Crippen LogP contribution >= 0.6 is 0 Å². The monoisotopic (exact) mass is 279 g/mol. The molecule has 0 aromatic heterocycles. The van der Waals surface area contributed by atoms with Gasteiger partial charge >= 0.3 is 0 Å². The fraction of sp³-hybridized carbons (Fsp3) is 0.647. The van der Waals surface area contributed by atoms with E-state index in [0.717, 1.165) is 18.0 Å². The molecule has 0 spiro atoms. The molecule has 1 aromatic rings. The molecule has 0 bridgehead atoms. The van der Waals surface area contributed by atoms with Crippen LogP contribution in [0.5, 0.6) is 11.5 Å². The van der Waals surface area contributed by atoms with Crippen LogP contribution in [0, 0.1) is 0 Å². The number of hydrogen-bond donors (Lipinski definition) is 1. The highest BCUT2D eigenvalue weighted by Gasteiger charge is 2.08. The van der Waals surface area contributed by atoms with Crippen molar-refractivity contribution < 1.29 is 9.47 Å². The summed E-state index contributed by atoms with van der Waals surface area (Å²) in [6, 6.07) is 6.73. The first-order valence-electron chi connectivity index (χ1n) is 7.69. The van der Waals surface area contributed by atoms with E-state index in [4.69, 9.17) is 9.47 Å². The summed E-state index contributed by atoms with van der Waals surface area (Å²) in [5.74, 6) is 1.58. The maximum Gasteiger partial charge on any atom is 0.161 e. The lowest BCUT2D eigenvalue weighted by Gasteiger charge is -2.18. The van der Waals surface area contributed by atoms with Crippen molar-refractivity contribution in [2.24, 2.45) is 0 Å². The van der Waals surface area contributed by atoms with E-state index in [9.17, 15) is 0 Å². The predicted molar refractivity (Wildman–Crippen MR) is 84.6 cm³/mol. The van der Waals surface area contributed by atoms with Gasteiger partial charge in [0.2, 0.25) is 0 Å². The summed E-state index contributed by atoms with van der Waals surface area (Å²) >= 11 is 0. The molecule has 0 saturated heterocycles. The Bertz CT molecular complexity index is 379. The van der Waals surface area contributed by atoms with Crippen molar-refractivity contribution in [3.8, 4) is 11.5 Å². The van der Waals surface area contributed by atoms with Gasteiger partial charge in [-0.15, -0.1) is 0 Å². The van der Waals surface area contributed by atoms with Gasteiger partial charge in [-0.25, -0.2) is 0 Å². The predicted octanol–water partition coefficient (Wildman–Crippen LogP) is 4.15. The zero-order valence-corrected chi connectivity index (χ0v) is 13.4. The van der Waals surface area contributed by atoms with Gasteiger partial charge in [0.05, 0.1) is 14.2 Å². The lowest BCUT2D eigenvalue weighted by molar-refractivity contribution is 0.354. The Kier molecular flexibility index (Phi) is 8.12. The summed E-state index contributed by atoms with van der Waals surface area (Å²) in [5, 5.41) is 3.66. The van der Waals surface area contributed by atoms with E-state index < -0.39 is 0 Å². The highest BCUT2D eigenvalue weighted by atomic mass is 16.5. The average molecular weight is 279 g/mol. The van der Waals surface area contributed by atoms with E-state index in [1.54, 1.807) is 14.2 Å². The van der Waals surface area contributed by atoms with Gasteiger partial charge < -0.3 is 14.8 Å². The Hall–Kier alpha value is -1.22. The normalized spacial score (nSPS) is 12.2. The zero-order chi connectivity index (χ0) is 14.8. The summed E-state index contributed by atoms with van der Waals surface area (Å²) in [6.07, 6.45) is 6.29. The third-order valence-corrected chi connectivity index (χ3v) is 3.59. The third kappa shape index (κ3) is 5.41. The van der Waals surface area contributed by atoms with Gasteiger partial charge in [-0.05, 0) is 30.5 Å². The number of ether oxygens (including phenoxy) is 2. The summed E-state index contributed by atoms with van der Waals surface area (Å²) in [4.78, 5) is 0. The second-order valence-corrected chi connectivity index (χ2v) is 5.20. The van der Waals surface area contributed by atoms with Crippen molar-refractivity contribution in [2.75, 3.05) is 14.2 Å². The second-order valence-electron chi connectivity index (χ2n) is 5.20. The fourth-order valence-electron chi connectivity index (χ4n) is 2.40. The highest BCUT2D eigenvalue weighted by molar-refractivity contribution is 5.42. The molecule has 20 heavy (non-hydrogen) atoms. The smallest absolute Gasteiger partial charge is 0.161 e. The second kappa shape index (κ2) is 9.65. The Morgan fingerprint density at radius 3 is 2.35 bits per heavy atom. The molecule has 1 N–H and O–H groups in total. The molecule has 3 nitrogen and oxygen atoms in total. The van der Waals surface area contributed by atoms with Gasteiger partial charge in [-0.3, -0.25) is 0 Å². The lowest BCUT2D eigenvalue weighted by Crippen LogP contribution is -2.28. The van der Waals surface area contributed by atoms with Crippen LogP contribution in [-0.4, -0.2) is 20.3 Å². The minimum absolute atomic E-state index is 0.619. The molecular weight excluding hydrogens is 250 g/mol. The van der Waals surface area contributed by atoms with Crippen molar-refractivity contribution in [1.29, 1.82) is 0 Å². The SMILES string of the molecule is CCCCC(CCC)NCc1ccc(OC)c(OC)c1. The highest BCUT2D eigenvalue weighted by Crippen LogP contribution is 2.27. The number of methoxy groups -OCH3 is 2. The maximum atomic E-state index is 5.34. The Morgan fingerprint density at radius 2 is 1.75 bits per heavy atom. The van der Waals surface area contributed by atoms with Crippen molar-refractivity contribution >= 4 is 0 Å². The molecule has 0 saturated carbocycles. The van der Waals surface area contributed by atoms with Crippen LogP contribution in [0.4, 0.5) is 0 Å². The molecule has 1 atom stereocenters. The largest absolute Gasteiger partial charge is 0.493 e. The Labute approximate surface area is 123 Å². The number of nitrogens with one attached hydrogen (secondary N) is 1. The summed E-state index contributed by atoms with van der Waals surface area (Å²) in [6.45, 7) is 5.38. The van der Waals surface area contributed by atoms with Crippen LogP contribution in [0.3, 0.4) is 0 Å². The molecule has 0 aliphatic carbocycles. The molecule has 114 valence electrons. The van der Waals surface area contributed by atoms with Crippen LogP contribution in [0.2, 0.25) is 0 Å². The average Bonchev–Trinajstić information content (AvgIpc) is 2.49. The number of benzene rings is 1. The number of rotatable bonds is 10. The zero-order valence-electron chi connectivity index (χ0n) is 13.4. The van der Waals surface area contributed by atoms with Crippen molar-refractivity contribution in [3.05, 3.63) is 23.8 Å². The van der Waals surface area contributed by atoms with Crippen LogP contribution in [-0.2, 0) is 6.54 Å². The van der Waals surface area contributed by atoms with Crippen molar-refractivity contribution in [3.63, 3.8) is 0 Å². The molecule has 3 heteroatoms. The van der Waals surface area contributed by atoms with Gasteiger partial charge in [0.25, 0.3) is 0 Å².